The monoisotopic (exact) mass is 207 g/mol. The number of carbonyl (C=O) groups is 1. The zero-order valence-corrected chi connectivity index (χ0v) is 9.19. The summed E-state index contributed by atoms with van der Waals surface area (Å²) in [6.07, 6.45) is 1.80. The molecule has 1 N–H and O–H groups in total. The van der Waals surface area contributed by atoms with Crippen molar-refractivity contribution in [3.05, 3.63) is 0 Å². The average Bonchev–Trinajstić information content (AvgIpc) is 2.01. The first kappa shape index (κ1) is 12.7. The SMILES string of the molecule is COC(=O)C1C[C@@H](C)N[C@@H](C)C1.Cl. The van der Waals surface area contributed by atoms with Crippen molar-refractivity contribution in [3.8, 4) is 0 Å². The van der Waals surface area contributed by atoms with E-state index in [9.17, 15) is 4.79 Å². The van der Waals surface area contributed by atoms with E-state index in [1.807, 2.05) is 0 Å². The van der Waals surface area contributed by atoms with Gasteiger partial charge in [0.05, 0.1) is 13.0 Å². The van der Waals surface area contributed by atoms with Gasteiger partial charge in [-0.2, -0.15) is 0 Å². The van der Waals surface area contributed by atoms with E-state index in [-0.39, 0.29) is 24.3 Å². The summed E-state index contributed by atoms with van der Waals surface area (Å²) < 4.78 is 4.72. The summed E-state index contributed by atoms with van der Waals surface area (Å²) in [6, 6.07) is 0.857. The Morgan fingerprint density at radius 2 is 1.77 bits per heavy atom. The van der Waals surface area contributed by atoms with Crippen LogP contribution in [0.3, 0.4) is 0 Å². The van der Waals surface area contributed by atoms with Crippen LogP contribution >= 0.6 is 12.4 Å². The van der Waals surface area contributed by atoms with Crippen LogP contribution in [0.2, 0.25) is 0 Å². The quantitative estimate of drug-likeness (QED) is 0.660. The predicted molar refractivity (Wildman–Crippen MR) is 54.0 cm³/mol. The van der Waals surface area contributed by atoms with Gasteiger partial charge in [-0.25, -0.2) is 0 Å². The standard InChI is InChI=1S/C9H17NO2.ClH/c1-6-4-8(9(11)12-3)5-7(2)10-6;/h6-8,10H,4-5H2,1-3H3;1H/t6-,7+,8?;. The van der Waals surface area contributed by atoms with Gasteiger partial charge >= 0.3 is 5.97 Å². The summed E-state index contributed by atoms with van der Waals surface area (Å²) in [5.41, 5.74) is 0. The van der Waals surface area contributed by atoms with Crippen LogP contribution in [0.25, 0.3) is 0 Å². The molecular formula is C9H18ClNO2. The zero-order valence-electron chi connectivity index (χ0n) is 8.37. The molecule has 1 aliphatic rings. The Kier molecular flexibility index (Phi) is 5.33. The number of piperidine rings is 1. The van der Waals surface area contributed by atoms with Crippen LogP contribution in [0, 0.1) is 5.92 Å². The molecule has 0 aromatic rings. The molecule has 1 fully saturated rings. The third kappa shape index (κ3) is 3.53. The Balaban J connectivity index is 0.00000144. The summed E-state index contributed by atoms with van der Waals surface area (Å²) >= 11 is 0. The summed E-state index contributed by atoms with van der Waals surface area (Å²) in [5.74, 6) is 0.0384. The topological polar surface area (TPSA) is 38.3 Å². The van der Waals surface area contributed by atoms with E-state index in [2.05, 4.69) is 19.2 Å². The van der Waals surface area contributed by atoms with Crippen LogP contribution in [0.15, 0.2) is 0 Å². The number of hydrogen-bond acceptors (Lipinski definition) is 3. The first-order valence-corrected chi connectivity index (χ1v) is 4.47. The maximum atomic E-state index is 11.2. The van der Waals surface area contributed by atoms with Crippen molar-refractivity contribution in [2.24, 2.45) is 5.92 Å². The number of methoxy groups -OCH3 is 1. The highest BCUT2D eigenvalue weighted by Crippen LogP contribution is 2.20. The Morgan fingerprint density at radius 3 is 2.15 bits per heavy atom. The lowest BCUT2D eigenvalue weighted by Gasteiger charge is -2.31. The third-order valence-corrected chi connectivity index (χ3v) is 2.38. The van der Waals surface area contributed by atoms with Crippen LogP contribution in [0.5, 0.6) is 0 Å². The van der Waals surface area contributed by atoms with Gasteiger partial charge in [0.15, 0.2) is 0 Å². The van der Waals surface area contributed by atoms with E-state index in [0.717, 1.165) is 12.8 Å². The van der Waals surface area contributed by atoms with E-state index in [1.165, 1.54) is 7.11 Å². The zero-order chi connectivity index (χ0) is 9.14. The average molecular weight is 208 g/mol. The predicted octanol–water partition coefficient (Wildman–Crippen LogP) is 1.36. The van der Waals surface area contributed by atoms with Crippen molar-refractivity contribution in [2.75, 3.05) is 7.11 Å². The van der Waals surface area contributed by atoms with E-state index in [1.54, 1.807) is 0 Å². The second kappa shape index (κ2) is 5.45. The molecule has 0 spiro atoms. The molecule has 1 saturated heterocycles. The molecule has 0 bridgehead atoms. The molecule has 1 rings (SSSR count). The van der Waals surface area contributed by atoms with Gasteiger partial charge in [-0.3, -0.25) is 4.79 Å². The van der Waals surface area contributed by atoms with Crippen molar-refractivity contribution in [2.45, 2.75) is 38.8 Å². The van der Waals surface area contributed by atoms with Crippen molar-refractivity contribution < 1.29 is 9.53 Å². The first-order valence-electron chi connectivity index (χ1n) is 4.47. The van der Waals surface area contributed by atoms with Gasteiger partial charge in [-0.1, -0.05) is 0 Å². The van der Waals surface area contributed by atoms with E-state index in [0.29, 0.717) is 12.1 Å². The Hall–Kier alpha value is -0.280. The molecule has 78 valence electrons. The highest BCUT2D eigenvalue weighted by atomic mass is 35.5. The van der Waals surface area contributed by atoms with Gasteiger partial charge in [0, 0.05) is 12.1 Å². The van der Waals surface area contributed by atoms with Crippen molar-refractivity contribution in [1.29, 1.82) is 0 Å². The van der Waals surface area contributed by atoms with Crippen molar-refractivity contribution in [3.63, 3.8) is 0 Å². The smallest absolute Gasteiger partial charge is 0.308 e. The number of ether oxygens (including phenoxy) is 1. The highest BCUT2D eigenvalue weighted by Gasteiger charge is 2.28. The van der Waals surface area contributed by atoms with Gasteiger partial charge in [0.2, 0.25) is 0 Å². The molecule has 0 radical (unpaired) electrons. The molecule has 4 heteroatoms. The molecule has 0 aromatic heterocycles. The fraction of sp³-hybridized carbons (Fsp3) is 0.889. The molecule has 0 aliphatic carbocycles. The van der Waals surface area contributed by atoms with Crippen LogP contribution in [0.1, 0.15) is 26.7 Å². The Bertz CT molecular complexity index is 165. The number of esters is 1. The lowest BCUT2D eigenvalue weighted by Crippen LogP contribution is -2.44. The summed E-state index contributed by atoms with van der Waals surface area (Å²) in [6.45, 7) is 4.21. The largest absolute Gasteiger partial charge is 0.469 e. The summed E-state index contributed by atoms with van der Waals surface area (Å²) in [4.78, 5) is 11.2. The number of halogens is 1. The van der Waals surface area contributed by atoms with Gasteiger partial charge in [-0.05, 0) is 26.7 Å². The maximum Gasteiger partial charge on any atom is 0.308 e. The number of hydrogen-bond donors (Lipinski definition) is 1. The number of carbonyl (C=O) groups excluding carboxylic acids is 1. The normalized spacial score (nSPS) is 33.3. The number of rotatable bonds is 1. The van der Waals surface area contributed by atoms with Gasteiger partial charge < -0.3 is 10.1 Å². The van der Waals surface area contributed by atoms with Gasteiger partial charge in [-0.15, -0.1) is 12.4 Å². The lowest BCUT2D eigenvalue weighted by molar-refractivity contribution is -0.147. The minimum Gasteiger partial charge on any atom is -0.469 e. The Labute approximate surface area is 85.6 Å². The van der Waals surface area contributed by atoms with E-state index >= 15 is 0 Å². The fourth-order valence-electron chi connectivity index (χ4n) is 1.93. The van der Waals surface area contributed by atoms with Crippen molar-refractivity contribution >= 4 is 18.4 Å². The Morgan fingerprint density at radius 1 is 1.31 bits per heavy atom. The maximum absolute atomic E-state index is 11.2. The molecule has 0 saturated carbocycles. The fourth-order valence-corrected chi connectivity index (χ4v) is 1.93. The molecular weight excluding hydrogens is 190 g/mol. The molecule has 0 aromatic carbocycles. The van der Waals surface area contributed by atoms with E-state index < -0.39 is 0 Å². The van der Waals surface area contributed by atoms with Gasteiger partial charge in [0.25, 0.3) is 0 Å². The minimum atomic E-state index is -0.0600. The lowest BCUT2D eigenvalue weighted by atomic mass is 9.89. The molecule has 0 amide bonds. The van der Waals surface area contributed by atoms with Crippen LogP contribution in [0.4, 0.5) is 0 Å². The minimum absolute atomic E-state index is 0. The second-order valence-electron chi connectivity index (χ2n) is 3.66. The summed E-state index contributed by atoms with van der Waals surface area (Å²) in [5, 5.41) is 3.38. The van der Waals surface area contributed by atoms with Crippen molar-refractivity contribution in [1.82, 2.24) is 5.32 Å². The first-order chi connectivity index (χ1) is 5.63. The molecule has 3 atom stereocenters. The number of nitrogens with one attached hydrogen (secondary N) is 1. The highest BCUT2D eigenvalue weighted by molar-refractivity contribution is 5.85. The molecule has 1 heterocycles. The molecule has 1 aliphatic heterocycles. The van der Waals surface area contributed by atoms with Gasteiger partial charge in [0.1, 0.15) is 0 Å². The van der Waals surface area contributed by atoms with E-state index in [4.69, 9.17) is 4.74 Å². The van der Waals surface area contributed by atoms with Crippen LogP contribution < -0.4 is 5.32 Å². The van der Waals surface area contributed by atoms with Crippen LogP contribution in [-0.2, 0) is 9.53 Å². The second-order valence-corrected chi connectivity index (χ2v) is 3.66. The summed E-state index contributed by atoms with van der Waals surface area (Å²) in [7, 11) is 1.46. The molecule has 1 unspecified atom stereocenters. The van der Waals surface area contributed by atoms with Crippen LogP contribution in [-0.4, -0.2) is 25.2 Å². The third-order valence-electron chi connectivity index (χ3n) is 2.38. The molecule has 3 nitrogen and oxygen atoms in total. The molecule has 13 heavy (non-hydrogen) atoms.